The van der Waals surface area contributed by atoms with Crippen molar-refractivity contribution >= 4 is 0 Å². The molecule has 0 saturated carbocycles. The van der Waals surface area contributed by atoms with Crippen molar-refractivity contribution in [2.75, 3.05) is 6.61 Å². The van der Waals surface area contributed by atoms with Crippen LogP contribution in [0, 0.1) is 6.92 Å². The average Bonchev–Trinajstić information content (AvgIpc) is 2.38. The number of rotatable bonds is 4. The van der Waals surface area contributed by atoms with Gasteiger partial charge in [-0.25, -0.2) is 0 Å². The van der Waals surface area contributed by atoms with Gasteiger partial charge in [0.2, 0.25) is 0 Å². The van der Waals surface area contributed by atoms with Gasteiger partial charge in [0.05, 0.1) is 12.6 Å². The Labute approximate surface area is 103 Å². The Morgan fingerprint density at radius 1 is 1.35 bits per heavy atom. The molecule has 1 aliphatic rings. The van der Waals surface area contributed by atoms with Crippen LogP contribution < -0.4 is 5.73 Å². The molecule has 1 aromatic rings. The van der Waals surface area contributed by atoms with Crippen LogP contribution in [0.4, 0.5) is 0 Å². The zero-order valence-corrected chi connectivity index (χ0v) is 10.5. The highest BCUT2D eigenvalue weighted by Gasteiger charge is 2.13. The number of ether oxygens (including phenoxy) is 1. The summed E-state index contributed by atoms with van der Waals surface area (Å²) in [5.74, 6) is 0.991. The maximum Gasteiger partial charge on any atom is 0.109 e. The molecule has 0 bridgehead atoms. The maximum absolute atomic E-state index is 6.15. The quantitative estimate of drug-likeness (QED) is 0.864. The molecule has 0 spiro atoms. The number of benzene rings is 1. The summed E-state index contributed by atoms with van der Waals surface area (Å²) in [6.45, 7) is 2.97. The Balaban J connectivity index is 1.89. The van der Waals surface area contributed by atoms with Crippen LogP contribution in [0.25, 0.3) is 0 Å². The van der Waals surface area contributed by atoms with Crippen LogP contribution in [0.2, 0.25) is 0 Å². The zero-order chi connectivity index (χ0) is 12.1. The summed E-state index contributed by atoms with van der Waals surface area (Å²) >= 11 is 0. The van der Waals surface area contributed by atoms with Crippen molar-refractivity contribution in [3.63, 3.8) is 0 Å². The molecule has 1 unspecified atom stereocenters. The van der Waals surface area contributed by atoms with Crippen LogP contribution in [-0.2, 0) is 11.2 Å². The summed E-state index contributed by atoms with van der Waals surface area (Å²) in [6.07, 6.45) is 6.35. The molecule has 2 rings (SSSR count). The normalized spacial score (nSPS) is 17.2. The molecule has 0 aliphatic carbocycles. The van der Waals surface area contributed by atoms with E-state index in [-0.39, 0.29) is 6.04 Å². The first-order valence-electron chi connectivity index (χ1n) is 6.40. The smallest absolute Gasteiger partial charge is 0.109 e. The van der Waals surface area contributed by atoms with E-state index < -0.39 is 0 Å². The van der Waals surface area contributed by atoms with Crippen molar-refractivity contribution in [2.45, 2.75) is 38.6 Å². The highest BCUT2D eigenvalue weighted by atomic mass is 16.5. The summed E-state index contributed by atoms with van der Waals surface area (Å²) < 4.78 is 5.59. The standard InChI is InChI=1S/C15H21NO/c1-12-6-2-3-7-13(12)9-10-14(16)15-8-4-5-11-17-15/h2-3,6-8,14H,4-5,9-11,16H2,1H3. The molecular weight excluding hydrogens is 210 g/mol. The SMILES string of the molecule is Cc1ccccc1CCC(N)C1=CCCCO1. The lowest BCUT2D eigenvalue weighted by Crippen LogP contribution is -2.26. The van der Waals surface area contributed by atoms with Gasteiger partial charge in [-0.05, 0) is 49.8 Å². The number of aryl methyl sites for hydroxylation is 2. The van der Waals surface area contributed by atoms with Crippen molar-refractivity contribution < 1.29 is 4.74 Å². The molecule has 1 aromatic carbocycles. The molecule has 2 nitrogen and oxygen atoms in total. The van der Waals surface area contributed by atoms with Gasteiger partial charge in [-0.15, -0.1) is 0 Å². The fraction of sp³-hybridized carbons (Fsp3) is 0.467. The summed E-state index contributed by atoms with van der Waals surface area (Å²) in [5.41, 5.74) is 8.89. The lowest BCUT2D eigenvalue weighted by Gasteiger charge is -2.20. The van der Waals surface area contributed by atoms with E-state index >= 15 is 0 Å². The summed E-state index contributed by atoms with van der Waals surface area (Å²) in [7, 11) is 0. The summed E-state index contributed by atoms with van der Waals surface area (Å²) in [5, 5.41) is 0. The van der Waals surface area contributed by atoms with Gasteiger partial charge in [0, 0.05) is 0 Å². The average molecular weight is 231 g/mol. The molecule has 17 heavy (non-hydrogen) atoms. The van der Waals surface area contributed by atoms with Crippen molar-refractivity contribution in [3.8, 4) is 0 Å². The number of hydrogen-bond acceptors (Lipinski definition) is 2. The van der Waals surface area contributed by atoms with Crippen molar-refractivity contribution in [1.29, 1.82) is 0 Å². The lowest BCUT2D eigenvalue weighted by atomic mass is 10.00. The monoisotopic (exact) mass is 231 g/mol. The van der Waals surface area contributed by atoms with E-state index in [1.54, 1.807) is 0 Å². The third-order valence-corrected chi connectivity index (χ3v) is 3.31. The van der Waals surface area contributed by atoms with Gasteiger partial charge in [-0.3, -0.25) is 0 Å². The van der Waals surface area contributed by atoms with E-state index in [0.29, 0.717) is 0 Å². The Hall–Kier alpha value is -1.28. The topological polar surface area (TPSA) is 35.2 Å². The van der Waals surface area contributed by atoms with Crippen LogP contribution >= 0.6 is 0 Å². The van der Waals surface area contributed by atoms with Gasteiger partial charge in [0.25, 0.3) is 0 Å². The predicted molar refractivity (Wildman–Crippen MR) is 70.7 cm³/mol. The minimum Gasteiger partial charge on any atom is -0.497 e. The second kappa shape index (κ2) is 5.87. The van der Waals surface area contributed by atoms with Gasteiger partial charge in [-0.1, -0.05) is 24.3 Å². The first-order chi connectivity index (χ1) is 8.27. The second-order valence-corrected chi connectivity index (χ2v) is 4.67. The van der Waals surface area contributed by atoms with Crippen LogP contribution in [-0.4, -0.2) is 12.6 Å². The van der Waals surface area contributed by atoms with Gasteiger partial charge in [-0.2, -0.15) is 0 Å². The number of allylic oxidation sites excluding steroid dienone is 1. The first-order valence-corrected chi connectivity index (χ1v) is 6.40. The maximum atomic E-state index is 6.15. The molecule has 1 heterocycles. The van der Waals surface area contributed by atoms with Crippen LogP contribution in [0.3, 0.4) is 0 Å². The molecule has 92 valence electrons. The van der Waals surface area contributed by atoms with E-state index in [4.69, 9.17) is 10.5 Å². The van der Waals surface area contributed by atoms with E-state index in [2.05, 4.69) is 37.3 Å². The molecule has 0 aromatic heterocycles. The number of hydrogen-bond donors (Lipinski definition) is 1. The van der Waals surface area contributed by atoms with E-state index in [9.17, 15) is 0 Å². The highest BCUT2D eigenvalue weighted by molar-refractivity contribution is 5.26. The van der Waals surface area contributed by atoms with Crippen molar-refractivity contribution in [2.24, 2.45) is 5.73 Å². The minimum absolute atomic E-state index is 0.0508. The van der Waals surface area contributed by atoms with Crippen LogP contribution in [0.15, 0.2) is 36.1 Å². The molecule has 1 aliphatic heterocycles. The van der Waals surface area contributed by atoms with Crippen molar-refractivity contribution in [3.05, 3.63) is 47.2 Å². The molecule has 0 saturated heterocycles. The fourth-order valence-electron chi connectivity index (χ4n) is 2.18. The largest absolute Gasteiger partial charge is 0.497 e. The number of nitrogens with two attached hydrogens (primary N) is 1. The zero-order valence-electron chi connectivity index (χ0n) is 10.5. The molecule has 0 radical (unpaired) electrons. The van der Waals surface area contributed by atoms with Crippen LogP contribution in [0.5, 0.6) is 0 Å². The molecule has 0 amide bonds. The lowest BCUT2D eigenvalue weighted by molar-refractivity contribution is 0.173. The first kappa shape index (κ1) is 12.2. The molecule has 0 fully saturated rings. The van der Waals surface area contributed by atoms with E-state index in [1.807, 2.05) is 0 Å². The molecule has 2 heteroatoms. The van der Waals surface area contributed by atoms with Gasteiger partial charge in [0.15, 0.2) is 0 Å². The summed E-state index contributed by atoms with van der Waals surface area (Å²) in [4.78, 5) is 0. The highest BCUT2D eigenvalue weighted by Crippen LogP contribution is 2.17. The summed E-state index contributed by atoms with van der Waals surface area (Å²) in [6, 6.07) is 8.54. The Morgan fingerprint density at radius 2 is 2.18 bits per heavy atom. The molecule has 1 atom stereocenters. The third-order valence-electron chi connectivity index (χ3n) is 3.31. The predicted octanol–water partition coefficient (Wildman–Crippen LogP) is 2.95. The minimum atomic E-state index is 0.0508. The Morgan fingerprint density at radius 3 is 2.88 bits per heavy atom. The fourth-order valence-corrected chi connectivity index (χ4v) is 2.18. The van der Waals surface area contributed by atoms with E-state index in [0.717, 1.165) is 38.0 Å². The van der Waals surface area contributed by atoms with Crippen molar-refractivity contribution in [1.82, 2.24) is 0 Å². The molecule has 2 N–H and O–H groups in total. The van der Waals surface area contributed by atoms with Gasteiger partial charge in [0.1, 0.15) is 5.76 Å². The van der Waals surface area contributed by atoms with Crippen LogP contribution in [0.1, 0.15) is 30.4 Å². The van der Waals surface area contributed by atoms with E-state index in [1.165, 1.54) is 11.1 Å². The van der Waals surface area contributed by atoms with Gasteiger partial charge >= 0.3 is 0 Å². The molecular formula is C15H21NO. The van der Waals surface area contributed by atoms with Gasteiger partial charge < -0.3 is 10.5 Å². The Kier molecular flexibility index (Phi) is 4.21. The second-order valence-electron chi connectivity index (χ2n) is 4.67. The third kappa shape index (κ3) is 3.34. The Bertz CT molecular complexity index is 398.